The number of fused-ring (bicyclic) bond motifs is 1. The lowest BCUT2D eigenvalue weighted by molar-refractivity contribution is 0.235. The van der Waals surface area contributed by atoms with Crippen LogP contribution in [-0.4, -0.2) is 31.2 Å². The molecule has 0 saturated carbocycles. The molecule has 0 unspecified atom stereocenters. The molecule has 24 heavy (non-hydrogen) atoms. The number of rotatable bonds is 4. The van der Waals surface area contributed by atoms with E-state index < -0.39 is 0 Å². The molecule has 0 saturated heterocycles. The Hall–Kier alpha value is -2.53. The Bertz CT molecular complexity index is 825. The van der Waals surface area contributed by atoms with Crippen LogP contribution in [0.4, 0.5) is 0 Å². The maximum absolute atomic E-state index is 4.79. The molecule has 3 aromatic rings. The molecule has 0 radical (unpaired) electrons. The van der Waals surface area contributed by atoms with Gasteiger partial charge in [-0.3, -0.25) is 9.58 Å². The van der Waals surface area contributed by atoms with Crippen molar-refractivity contribution in [3.63, 3.8) is 0 Å². The maximum atomic E-state index is 4.79. The molecule has 5 nitrogen and oxygen atoms in total. The summed E-state index contributed by atoms with van der Waals surface area (Å²) in [4.78, 5) is 11.8. The fraction of sp³-hybridized carbons (Fsp3) is 0.316. The van der Waals surface area contributed by atoms with Crippen molar-refractivity contribution in [3.8, 4) is 11.4 Å². The van der Waals surface area contributed by atoms with E-state index in [-0.39, 0.29) is 0 Å². The zero-order valence-electron chi connectivity index (χ0n) is 13.9. The van der Waals surface area contributed by atoms with E-state index in [9.17, 15) is 0 Å². The van der Waals surface area contributed by atoms with Gasteiger partial charge in [0.25, 0.3) is 0 Å². The summed E-state index contributed by atoms with van der Waals surface area (Å²) in [6, 6.07) is 12.3. The van der Waals surface area contributed by atoms with Crippen LogP contribution in [0.2, 0.25) is 0 Å². The molecule has 0 fully saturated rings. The molecule has 0 bridgehead atoms. The van der Waals surface area contributed by atoms with Crippen LogP contribution in [0.1, 0.15) is 23.9 Å². The van der Waals surface area contributed by atoms with Crippen molar-refractivity contribution in [2.75, 3.05) is 6.54 Å². The van der Waals surface area contributed by atoms with Crippen molar-refractivity contribution in [1.82, 2.24) is 24.6 Å². The number of hydrogen-bond donors (Lipinski definition) is 0. The molecule has 5 heteroatoms. The predicted octanol–water partition coefficient (Wildman–Crippen LogP) is 2.92. The summed E-state index contributed by atoms with van der Waals surface area (Å²) in [6.07, 6.45) is 4.85. The first kappa shape index (κ1) is 15.0. The zero-order chi connectivity index (χ0) is 16.4. The minimum atomic E-state index is 0.826. The van der Waals surface area contributed by atoms with Crippen molar-refractivity contribution in [3.05, 3.63) is 65.7 Å². The van der Waals surface area contributed by atoms with E-state index in [2.05, 4.69) is 44.8 Å². The second-order valence-corrected chi connectivity index (χ2v) is 6.13. The first-order valence-electron chi connectivity index (χ1n) is 8.46. The smallest absolute Gasteiger partial charge is 0.159 e. The quantitative estimate of drug-likeness (QED) is 0.742. The second-order valence-electron chi connectivity index (χ2n) is 6.13. The van der Waals surface area contributed by atoms with E-state index in [1.54, 1.807) is 0 Å². The van der Waals surface area contributed by atoms with Gasteiger partial charge in [-0.05, 0) is 13.0 Å². The van der Waals surface area contributed by atoms with Crippen LogP contribution in [0.15, 0.2) is 48.8 Å². The Balaban J connectivity index is 1.52. The van der Waals surface area contributed by atoms with E-state index in [4.69, 9.17) is 4.98 Å². The molecule has 1 aliphatic heterocycles. The van der Waals surface area contributed by atoms with E-state index in [1.807, 2.05) is 30.6 Å². The highest BCUT2D eigenvalue weighted by Gasteiger charge is 2.19. The monoisotopic (exact) mass is 319 g/mol. The van der Waals surface area contributed by atoms with Crippen LogP contribution in [0.3, 0.4) is 0 Å². The van der Waals surface area contributed by atoms with Gasteiger partial charge in [-0.1, -0.05) is 30.3 Å². The molecule has 0 atom stereocenters. The van der Waals surface area contributed by atoms with Crippen LogP contribution in [0, 0.1) is 0 Å². The van der Waals surface area contributed by atoms with Crippen LogP contribution >= 0.6 is 0 Å². The lowest BCUT2D eigenvalue weighted by atomic mass is 10.1. The highest BCUT2D eigenvalue weighted by molar-refractivity contribution is 5.54. The van der Waals surface area contributed by atoms with Crippen molar-refractivity contribution in [2.45, 2.75) is 33.0 Å². The molecule has 2 aromatic heterocycles. The topological polar surface area (TPSA) is 46.8 Å². The van der Waals surface area contributed by atoms with E-state index in [1.165, 1.54) is 17.0 Å². The van der Waals surface area contributed by atoms with Gasteiger partial charge in [0, 0.05) is 56.1 Å². The molecule has 0 N–H and O–H groups in total. The summed E-state index contributed by atoms with van der Waals surface area (Å²) in [5.74, 6) is 0.826. The van der Waals surface area contributed by atoms with Gasteiger partial charge in [0.05, 0.1) is 11.4 Å². The van der Waals surface area contributed by atoms with Crippen molar-refractivity contribution in [2.24, 2.45) is 0 Å². The number of aryl methyl sites for hydroxylation is 1. The maximum Gasteiger partial charge on any atom is 0.159 e. The van der Waals surface area contributed by atoms with Gasteiger partial charge in [0.1, 0.15) is 0 Å². The molecule has 122 valence electrons. The molecule has 1 aliphatic rings. The van der Waals surface area contributed by atoms with E-state index >= 15 is 0 Å². The Morgan fingerprint density at radius 2 is 2.00 bits per heavy atom. The predicted molar refractivity (Wildman–Crippen MR) is 93.2 cm³/mol. The molecular formula is C19H21N5. The lowest BCUT2D eigenvalue weighted by Crippen LogP contribution is -2.31. The molecule has 3 heterocycles. The van der Waals surface area contributed by atoms with Gasteiger partial charge >= 0.3 is 0 Å². The Labute approximate surface area is 142 Å². The van der Waals surface area contributed by atoms with Crippen molar-refractivity contribution < 1.29 is 0 Å². The fourth-order valence-electron chi connectivity index (χ4n) is 3.24. The largest absolute Gasteiger partial charge is 0.293 e. The summed E-state index contributed by atoms with van der Waals surface area (Å²) in [6.45, 7) is 5.89. The number of nitrogens with zero attached hydrogens (tertiary/aromatic N) is 5. The highest BCUT2D eigenvalue weighted by atomic mass is 15.3. The third-order valence-corrected chi connectivity index (χ3v) is 4.53. The average Bonchev–Trinajstić information content (AvgIpc) is 3.09. The summed E-state index contributed by atoms with van der Waals surface area (Å²) in [7, 11) is 0. The zero-order valence-corrected chi connectivity index (χ0v) is 13.9. The molecular weight excluding hydrogens is 298 g/mol. The van der Waals surface area contributed by atoms with Gasteiger partial charge in [-0.2, -0.15) is 5.10 Å². The Kier molecular flexibility index (Phi) is 4.09. The molecule has 0 spiro atoms. The van der Waals surface area contributed by atoms with Gasteiger partial charge < -0.3 is 0 Å². The van der Waals surface area contributed by atoms with Crippen LogP contribution in [0.5, 0.6) is 0 Å². The molecule has 0 aliphatic carbocycles. The summed E-state index contributed by atoms with van der Waals surface area (Å²) in [5, 5.41) is 4.35. The van der Waals surface area contributed by atoms with Gasteiger partial charge in [0.15, 0.2) is 5.82 Å². The number of aromatic nitrogens is 4. The lowest BCUT2D eigenvalue weighted by Gasteiger charge is -2.28. The Morgan fingerprint density at radius 3 is 2.83 bits per heavy atom. The molecule has 4 rings (SSSR count). The van der Waals surface area contributed by atoms with Crippen molar-refractivity contribution >= 4 is 0 Å². The van der Waals surface area contributed by atoms with E-state index in [0.29, 0.717) is 0 Å². The first-order chi connectivity index (χ1) is 11.8. The molecule has 0 amide bonds. The van der Waals surface area contributed by atoms with Crippen molar-refractivity contribution in [1.29, 1.82) is 0 Å². The standard InChI is InChI=1S/C19H21N5/c1-2-24-17(8-10-21-24)14-23-11-9-18-16(13-23)12-20-19(22-18)15-6-4-3-5-7-15/h3-8,10,12H,2,9,11,13-14H2,1H3. The summed E-state index contributed by atoms with van der Waals surface area (Å²) in [5.41, 5.74) is 4.77. The third-order valence-electron chi connectivity index (χ3n) is 4.53. The van der Waals surface area contributed by atoms with Gasteiger partial charge in [-0.15, -0.1) is 0 Å². The minimum absolute atomic E-state index is 0.826. The average molecular weight is 319 g/mol. The first-order valence-corrected chi connectivity index (χ1v) is 8.46. The van der Waals surface area contributed by atoms with Gasteiger partial charge in [0.2, 0.25) is 0 Å². The van der Waals surface area contributed by atoms with Crippen LogP contribution in [-0.2, 0) is 26.1 Å². The molecule has 1 aromatic carbocycles. The second kappa shape index (κ2) is 6.53. The van der Waals surface area contributed by atoms with Crippen LogP contribution in [0.25, 0.3) is 11.4 Å². The SMILES string of the molecule is CCn1nccc1CN1CCc2nc(-c3ccccc3)ncc2C1. The Morgan fingerprint density at radius 1 is 1.12 bits per heavy atom. The minimum Gasteiger partial charge on any atom is -0.293 e. The van der Waals surface area contributed by atoms with Crippen LogP contribution < -0.4 is 0 Å². The fourth-order valence-corrected chi connectivity index (χ4v) is 3.24. The number of benzene rings is 1. The van der Waals surface area contributed by atoms with E-state index in [0.717, 1.165) is 44.0 Å². The third kappa shape index (κ3) is 2.95. The van der Waals surface area contributed by atoms with Gasteiger partial charge in [-0.25, -0.2) is 9.97 Å². The summed E-state index contributed by atoms with van der Waals surface area (Å²) >= 11 is 0. The highest BCUT2D eigenvalue weighted by Crippen LogP contribution is 2.22. The summed E-state index contributed by atoms with van der Waals surface area (Å²) < 4.78 is 2.06. The normalized spacial score (nSPS) is 14.5. The number of hydrogen-bond acceptors (Lipinski definition) is 4.